The minimum atomic E-state index is -3.78. The number of hydrogen-bond donors (Lipinski definition) is 5. The number of urea groups is 1. The SMILES string of the molecule is C=CCP(=O)(O)O.O=C(O)CCCC[C@@H]1SC[C@@H]2NC(=O)N[C@@H]21. The van der Waals surface area contributed by atoms with E-state index in [0.29, 0.717) is 5.25 Å². The van der Waals surface area contributed by atoms with Crippen LogP contribution >= 0.6 is 19.4 Å². The molecule has 8 nitrogen and oxygen atoms in total. The molecule has 132 valence electrons. The molecule has 0 aromatic heterocycles. The minimum Gasteiger partial charge on any atom is -0.481 e. The number of nitrogens with one attached hydrogen (secondary N) is 2. The molecule has 0 aliphatic carbocycles. The lowest BCUT2D eigenvalue weighted by atomic mass is 10.0. The van der Waals surface area contributed by atoms with Crippen LogP contribution in [0.4, 0.5) is 4.79 Å². The van der Waals surface area contributed by atoms with Crippen molar-refractivity contribution in [2.75, 3.05) is 11.9 Å². The summed E-state index contributed by atoms with van der Waals surface area (Å²) in [6.45, 7) is 3.15. The van der Waals surface area contributed by atoms with E-state index in [1.54, 1.807) is 0 Å². The zero-order chi connectivity index (χ0) is 17.5. The van der Waals surface area contributed by atoms with Crippen molar-refractivity contribution in [3.8, 4) is 0 Å². The number of hydrogen-bond acceptors (Lipinski definition) is 4. The van der Waals surface area contributed by atoms with Gasteiger partial charge in [0.05, 0.1) is 18.2 Å². The summed E-state index contributed by atoms with van der Waals surface area (Å²) in [5.74, 6) is 0.236. The largest absolute Gasteiger partial charge is 0.481 e. The Morgan fingerprint density at radius 2 is 2.09 bits per heavy atom. The Kier molecular flexibility index (Phi) is 8.11. The lowest BCUT2D eigenvalue weighted by molar-refractivity contribution is -0.137. The molecular weight excluding hydrogens is 343 g/mol. The topological polar surface area (TPSA) is 136 Å². The molecule has 2 fully saturated rings. The Morgan fingerprint density at radius 1 is 1.39 bits per heavy atom. The lowest BCUT2D eigenvalue weighted by Crippen LogP contribution is -2.36. The number of carbonyl (C=O) groups is 2. The van der Waals surface area contributed by atoms with Gasteiger partial charge in [-0.05, 0) is 12.8 Å². The number of amides is 2. The predicted octanol–water partition coefficient (Wildman–Crippen LogP) is 1.15. The number of carbonyl (C=O) groups excluding carboxylic acids is 1. The van der Waals surface area contributed by atoms with Gasteiger partial charge < -0.3 is 25.5 Å². The van der Waals surface area contributed by atoms with Crippen molar-refractivity contribution in [3.63, 3.8) is 0 Å². The van der Waals surface area contributed by atoms with Gasteiger partial charge in [-0.3, -0.25) is 9.36 Å². The quantitative estimate of drug-likeness (QED) is 0.197. The molecule has 2 amide bonds. The molecule has 2 aliphatic rings. The summed E-state index contributed by atoms with van der Waals surface area (Å²) in [4.78, 5) is 37.6. The van der Waals surface area contributed by atoms with E-state index in [-0.39, 0.29) is 30.7 Å². The number of rotatable bonds is 7. The highest BCUT2D eigenvalue weighted by Crippen LogP contribution is 2.33. The van der Waals surface area contributed by atoms with Gasteiger partial charge in [-0.2, -0.15) is 11.8 Å². The Morgan fingerprint density at radius 3 is 2.61 bits per heavy atom. The molecule has 0 bridgehead atoms. The first-order chi connectivity index (χ1) is 10.7. The third-order valence-corrected chi connectivity index (χ3v) is 5.68. The zero-order valence-corrected chi connectivity index (χ0v) is 14.4. The predicted molar refractivity (Wildman–Crippen MR) is 88.7 cm³/mol. The number of fused-ring (bicyclic) bond motifs is 1. The van der Waals surface area contributed by atoms with E-state index >= 15 is 0 Å². The molecule has 0 radical (unpaired) electrons. The summed E-state index contributed by atoms with van der Waals surface area (Å²) in [6, 6.07) is 0.440. The second-order valence-corrected chi connectivity index (χ2v) is 8.36. The van der Waals surface area contributed by atoms with Crippen LogP contribution in [0.1, 0.15) is 25.7 Å². The van der Waals surface area contributed by atoms with Crippen LogP contribution in [-0.4, -0.2) is 56.1 Å². The van der Waals surface area contributed by atoms with E-state index in [2.05, 4.69) is 17.2 Å². The van der Waals surface area contributed by atoms with Crippen LogP contribution < -0.4 is 10.6 Å². The van der Waals surface area contributed by atoms with E-state index in [4.69, 9.17) is 14.9 Å². The first-order valence-electron chi connectivity index (χ1n) is 7.29. The Labute approximate surface area is 139 Å². The van der Waals surface area contributed by atoms with Crippen molar-refractivity contribution in [2.24, 2.45) is 0 Å². The van der Waals surface area contributed by atoms with Crippen LogP contribution in [0, 0.1) is 0 Å². The first-order valence-corrected chi connectivity index (χ1v) is 10.1. The van der Waals surface area contributed by atoms with Crippen LogP contribution in [0.3, 0.4) is 0 Å². The highest BCUT2D eigenvalue weighted by Gasteiger charge is 2.42. The van der Waals surface area contributed by atoms with Crippen LogP contribution in [0.5, 0.6) is 0 Å². The number of thioether (sulfide) groups is 1. The Balaban J connectivity index is 0.000000322. The van der Waals surface area contributed by atoms with Crippen molar-refractivity contribution < 1.29 is 29.0 Å². The molecule has 0 aromatic rings. The summed E-state index contributed by atoms with van der Waals surface area (Å²) in [5, 5.41) is 14.8. The van der Waals surface area contributed by atoms with Crippen LogP contribution in [0.2, 0.25) is 0 Å². The van der Waals surface area contributed by atoms with Gasteiger partial charge in [0.25, 0.3) is 0 Å². The van der Waals surface area contributed by atoms with Crippen LogP contribution in [0.15, 0.2) is 12.7 Å². The van der Waals surface area contributed by atoms with Crippen molar-refractivity contribution >= 4 is 31.4 Å². The lowest BCUT2D eigenvalue weighted by Gasteiger charge is -2.16. The normalized spacial score (nSPS) is 25.7. The van der Waals surface area contributed by atoms with Crippen LogP contribution in [-0.2, 0) is 9.36 Å². The fourth-order valence-electron chi connectivity index (χ4n) is 2.43. The van der Waals surface area contributed by atoms with Crippen molar-refractivity contribution in [2.45, 2.75) is 43.0 Å². The molecule has 23 heavy (non-hydrogen) atoms. The Bertz CT molecular complexity index is 483. The maximum atomic E-state index is 11.1. The Hall–Kier alpha value is -1.02. The second-order valence-electron chi connectivity index (χ2n) is 5.40. The molecule has 2 heterocycles. The molecule has 5 N–H and O–H groups in total. The standard InChI is InChI=1S/C10H16N2O3S.C3H7O3P/c13-8(14)4-2-1-3-7-9-6(5-16-7)11-10(15)12-9;1-2-3-7(4,5)6/h6-7,9H,1-5H2,(H,13,14)(H2,11,12,15);2H,1,3H2,(H2,4,5,6)/t6-,7-,9-;/m0./s1. The third kappa shape index (κ3) is 7.87. The van der Waals surface area contributed by atoms with Gasteiger partial charge in [0.1, 0.15) is 0 Å². The van der Waals surface area contributed by atoms with Crippen molar-refractivity contribution in [1.82, 2.24) is 10.6 Å². The van der Waals surface area contributed by atoms with E-state index in [0.717, 1.165) is 25.0 Å². The number of allylic oxidation sites excluding steroid dienone is 1. The minimum absolute atomic E-state index is 0.0640. The average molecular weight is 366 g/mol. The summed E-state index contributed by atoms with van der Waals surface area (Å²) >= 11 is 1.87. The number of unbranched alkanes of at least 4 members (excludes halogenated alkanes) is 1. The molecule has 2 saturated heterocycles. The van der Waals surface area contributed by atoms with Crippen molar-refractivity contribution in [1.29, 1.82) is 0 Å². The van der Waals surface area contributed by atoms with Gasteiger partial charge in [0.15, 0.2) is 0 Å². The van der Waals surface area contributed by atoms with Crippen molar-refractivity contribution in [3.05, 3.63) is 12.7 Å². The molecule has 0 spiro atoms. The van der Waals surface area contributed by atoms with E-state index < -0.39 is 13.6 Å². The number of carboxylic acid groups (broad SMARTS) is 1. The van der Waals surface area contributed by atoms with Gasteiger partial charge in [-0.25, -0.2) is 4.79 Å². The molecular formula is C13H23N2O6PS. The van der Waals surface area contributed by atoms with E-state index in [1.165, 1.54) is 6.08 Å². The fraction of sp³-hybridized carbons (Fsp3) is 0.692. The van der Waals surface area contributed by atoms with E-state index in [1.807, 2.05) is 11.8 Å². The average Bonchev–Trinajstić information content (AvgIpc) is 2.93. The fourth-order valence-corrected chi connectivity index (χ4v) is 4.31. The van der Waals surface area contributed by atoms with Gasteiger partial charge in [0.2, 0.25) is 0 Å². The van der Waals surface area contributed by atoms with Gasteiger partial charge >= 0.3 is 19.6 Å². The van der Waals surface area contributed by atoms with Crippen LogP contribution in [0.25, 0.3) is 0 Å². The number of carboxylic acids is 1. The molecule has 3 atom stereocenters. The first kappa shape index (κ1) is 20.0. The van der Waals surface area contributed by atoms with E-state index in [9.17, 15) is 14.2 Å². The van der Waals surface area contributed by atoms with Gasteiger partial charge in [0, 0.05) is 17.4 Å². The maximum Gasteiger partial charge on any atom is 0.329 e. The molecule has 2 aliphatic heterocycles. The summed E-state index contributed by atoms with van der Waals surface area (Å²) < 4.78 is 9.85. The summed E-state index contributed by atoms with van der Waals surface area (Å²) in [7, 11) is -3.78. The highest BCUT2D eigenvalue weighted by molar-refractivity contribution is 8.00. The zero-order valence-electron chi connectivity index (χ0n) is 12.7. The molecule has 0 unspecified atom stereocenters. The second kappa shape index (κ2) is 9.32. The highest BCUT2D eigenvalue weighted by atomic mass is 32.2. The summed E-state index contributed by atoms with van der Waals surface area (Å²) in [5.41, 5.74) is 0. The van der Waals surface area contributed by atoms with Gasteiger partial charge in [-0.15, -0.1) is 6.58 Å². The maximum absolute atomic E-state index is 11.1. The number of aliphatic carboxylic acids is 1. The van der Waals surface area contributed by atoms with Gasteiger partial charge in [-0.1, -0.05) is 12.5 Å². The molecule has 0 aromatic carbocycles. The smallest absolute Gasteiger partial charge is 0.329 e. The monoisotopic (exact) mass is 366 g/mol. The third-order valence-electron chi connectivity index (χ3n) is 3.43. The molecule has 10 heteroatoms. The summed E-state index contributed by atoms with van der Waals surface area (Å²) in [6.07, 6.45) is 3.85. The molecule has 0 saturated carbocycles. The molecule has 2 rings (SSSR count).